The Morgan fingerprint density at radius 1 is 1.12 bits per heavy atom. The number of amides is 3. The predicted molar refractivity (Wildman–Crippen MR) is 219 cm³/mol. The molecule has 5 fully saturated rings. The molecule has 2 saturated heterocycles. The van der Waals surface area contributed by atoms with Gasteiger partial charge in [-0.25, -0.2) is 0 Å². The minimum Gasteiger partial charge on any atom is -0.496 e. The highest BCUT2D eigenvalue weighted by Crippen LogP contribution is 2.61. The largest absolute Gasteiger partial charge is 0.496 e. The SMILES string of the molecule is COc1c(CN2O[C@@H](CO)[C@H]([C@H](C)O)[C@H]2C(=O)N[C@H]2C[C@H]3C[C@@H]([C@@H]2C)C3(C)C)cccc1-c1cc(C(=O)N[C@@H](CC2CNCN2C)C(=O)N(C)C)cc(N(C)C)c1. The van der Waals surface area contributed by atoms with E-state index in [0.717, 1.165) is 42.0 Å². The second-order valence-electron chi connectivity index (χ2n) is 17.9. The Morgan fingerprint density at radius 3 is 2.44 bits per heavy atom. The fourth-order valence-electron chi connectivity index (χ4n) is 9.99. The van der Waals surface area contributed by atoms with Crippen LogP contribution in [0.25, 0.3) is 11.1 Å². The lowest BCUT2D eigenvalue weighted by Gasteiger charge is -2.62. The zero-order chi connectivity index (χ0) is 41.5. The highest BCUT2D eigenvalue weighted by Gasteiger charge is 2.57. The summed E-state index contributed by atoms with van der Waals surface area (Å²) in [6, 6.07) is 9.83. The lowest BCUT2D eigenvalue weighted by Crippen LogP contribution is -2.62. The molecule has 314 valence electrons. The molecule has 14 heteroatoms. The number of hydrogen-bond acceptors (Lipinski definition) is 11. The Bertz CT molecular complexity index is 1790. The van der Waals surface area contributed by atoms with E-state index in [9.17, 15) is 24.6 Å². The van der Waals surface area contributed by atoms with Gasteiger partial charge in [-0.3, -0.25) is 24.1 Å². The van der Waals surface area contributed by atoms with Crippen LogP contribution in [0.1, 0.15) is 62.9 Å². The van der Waals surface area contributed by atoms with Crippen LogP contribution in [0.4, 0.5) is 5.69 Å². The van der Waals surface area contributed by atoms with Crippen molar-refractivity contribution in [1.82, 2.24) is 30.8 Å². The van der Waals surface area contributed by atoms with Gasteiger partial charge in [-0.15, -0.1) is 0 Å². The van der Waals surface area contributed by atoms with Crippen molar-refractivity contribution in [2.45, 2.75) is 89.9 Å². The number of carbonyl (C=O) groups is 3. The Morgan fingerprint density at radius 2 is 1.86 bits per heavy atom. The Kier molecular flexibility index (Phi) is 12.9. The third-order valence-electron chi connectivity index (χ3n) is 13.6. The smallest absolute Gasteiger partial charge is 0.252 e. The summed E-state index contributed by atoms with van der Waals surface area (Å²) in [5.74, 6) is 0.516. The minimum absolute atomic E-state index is 0.0181. The van der Waals surface area contributed by atoms with Crippen molar-refractivity contribution in [1.29, 1.82) is 0 Å². The first-order valence-corrected chi connectivity index (χ1v) is 20.4. The van der Waals surface area contributed by atoms with E-state index >= 15 is 0 Å². The summed E-state index contributed by atoms with van der Waals surface area (Å²) in [6.45, 7) is 9.74. The van der Waals surface area contributed by atoms with E-state index in [1.54, 1.807) is 45.3 Å². The van der Waals surface area contributed by atoms with Gasteiger partial charge in [0, 0.05) is 81.8 Å². The van der Waals surface area contributed by atoms with E-state index < -0.39 is 30.2 Å². The van der Waals surface area contributed by atoms with Crippen molar-refractivity contribution < 1.29 is 34.2 Å². The number of hydrogen-bond donors (Lipinski definition) is 5. The maximum Gasteiger partial charge on any atom is 0.252 e. The quantitative estimate of drug-likeness (QED) is 0.192. The zero-order valence-corrected chi connectivity index (χ0v) is 35.4. The molecule has 10 atom stereocenters. The molecule has 2 bridgehead atoms. The summed E-state index contributed by atoms with van der Waals surface area (Å²) in [6.07, 6.45) is 0.864. The van der Waals surface area contributed by atoms with Gasteiger partial charge in [0.2, 0.25) is 11.8 Å². The lowest BCUT2D eigenvalue weighted by atomic mass is 9.45. The zero-order valence-electron chi connectivity index (χ0n) is 35.4. The summed E-state index contributed by atoms with van der Waals surface area (Å²) >= 11 is 0. The maximum absolute atomic E-state index is 14.3. The van der Waals surface area contributed by atoms with Gasteiger partial charge in [-0.05, 0) is 80.2 Å². The van der Waals surface area contributed by atoms with Crippen molar-refractivity contribution in [2.24, 2.45) is 29.1 Å². The predicted octanol–water partition coefficient (Wildman–Crippen LogP) is 2.53. The number of hydroxylamine groups is 2. The number of rotatable bonds is 14. The number of methoxy groups -OCH3 is 1. The lowest BCUT2D eigenvalue weighted by molar-refractivity contribution is -0.183. The number of nitrogens with zero attached hydrogens (tertiary/aromatic N) is 4. The molecule has 3 saturated carbocycles. The second-order valence-corrected chi connectivity index (χ2v) is 17.9. The number of para-hydroxylation sites is 1. The highest BCUT2D eigenvalue weighted by molar-refractivity contribution is 5.99. The van der Waals surface area contributed by atoms with Crippen molar-refractivity contribution in [2.75, 3.05) is 67.1 Å². The van der Waals surface area contributed by atoms with Crippen LogP contribution < -0.4 is 25.6 Å². The molecular weight excluding hydrogens is 727 g/mol. The van der Waals surface area contributed by atoms with Crippen LogP contribution in [0.3, 0.4) is 0 Å². The van der Waals surface area contributed by atoms with Gasteiger partial charge in [0.15, 0.2) is 0 Å². The average Bonchev–Trinajstić information content (AvgIpc) is 3.76. The Labute approximate surface area is 338 Å². The molecule has 5 N–H and O–H groups in total. The number of benzene rings is 2. The van der Waals surface area contributed by atoms with Crippen LogP contribution in [0.5, 0.6) is 5.75 Å². The van der Waals surface area contributed by atoms with Crippen LogP contribution >= 0.6 is 0 Å². The van der Waals surface area contributed by atoms with Crippen molar-refractivity contribution >= 4 is 23.4 Å². The normalized spacial score (nSPS) is 29.3. The molecule has 5 aliphatic rings. The second kappa shape index (κ2) is 17.2. The van der Waals surface area contributed by atoms with Gasteiger partial charge in [0.1, 0.15) is 23.9 Å². The van der Waals surface area contributed by atoms with E-state index in [1.807, 2.05) is 50.3 Å². The summed E-state index contributed by atoms with van der Waals surface area (Å²) in [7, 11) is 10.8. The van der Waals surface area contributed by atoms with Gasteiger partial charge in [0.05, 0.1) is 26.4 Å². The van der Waals surface area contributed by atoms with Gasteiger partial charge >= 0.3 is 0 Å². The van der Waals surface area contributed by atoms with Crippen molar-refractivity contribution in [3.05, 3.63) is 47.5 Å². The van der Waals surface area contributed by atoms with E-state index in [1.165, 1.54) is 11.3 Å². The molecule has 14 nitrogen and oxygen atoms in total. The number of likely N-dealkylation sites (N-methyl/N-ethyl adjacent to an activating group) is 2. The molecule has 7 rings (SSSR count). The highest BCUT2D eigenvalue weighted by atomic mass is 16.7. The third kappa shape index (κ3) is 8.53. The summed E-state index contributed by atoms with van der Waals surface area (Å²) in [4.78, 5) is 53.5. The molecule has 2 heterocycles. The first-order chi connectivity index (χ1) is 27.0. The standard InChI is InChI=1S/C43H65N7O7/c1-24-33-17-29(43(33,3)4)18-34(24)45-41(54)38-37(25(2)52)36(22-51)57-50(38)21-26-12-11-13-32(39(26)56-10)27-14-28(16-30(15-27)47(5)6)40(53)46-35(42(55)48(7)8)19-31-20-44-23-49(31)9/h11-16,24-25,29,31,33-38,44,51-52H,17-23H2,1-10H3,(H,45,54)(H,46,53)/t24-,25-,29+,31?,33-,34-,35-,36-,37-,38-/m0/s1. The van der Waals surface area contributed by atoms with E-state index in [2.05, 4.69) is 41.6 Å². The molecule has 0 radical (unpaired) electrons. The molecule has 0 spiro atoms. The number of aliphatic hydroxyl groups excluding tert-OH is 2. The van der Waals surface area contributed by atoms with Gasteiger partial charge < -0.3 is 40.7 Å². The Balaban J connectivity index is 1.29. The van der Waals surface area contributed by atoms with Crippen molar-refractivity contribution in [3.8, 4) is 16.9 Å². The molecule has 3 aliphatic carbocycles. The summed E-state index contributed by atoms with van der Waals surface area (Å²) < 4.78 is 6.09. The van der Waals surface area contributed by atoms with Crippen LogP contribution in [0.2, 0.25) is 0 Å². The number of carbonyl (C=O) groups excluding carboxylic acids is 3. The molecule has 1 unspecified atom stereocenters. The van der Waals surface area contributed by atoms with E-state index in [-0.39, 0.29) is 48.4 Å². The topological polar surface area (TPSA) is 159 Å². The fraction of sp³-hybridized carbons (Fsp3) is 0.651. The number of fused-ring (bicyclic) bond motifs is 2. The first kappa shape index (κ1) is 42.8. The Hall–Kier alpha value is -3.79. The number of ether oxygens (including phenoxy) is 1. The van der Waals surface area contributed by atoms with E-state index in [0.29, 0.717) is 35.5 Å². The maximum atomic E-state index is 14.3. The van der Waals surface area contributed by atoms with Crippen LogP contribution in [0.15, 0.2) is 36.4 Å². The van der Waals surface area contributed by atoms with Crippen LogP contribution in [0, 0.1) is 29.1 Å². The van der Waals surface area contributed by atoms with Gasteiger partial charge in [-0.1, -0.05) is 39.0 Å². The molecule has 3 amide bonds. The molecule has 0 aromatic heterocycles. The van der Waals surface area contributed by atoms with Gasteiger partial charge in [0.25, 0.3) is 5.91 Å². The minimum atomic E-state index is -0.922. The third-order valence-corrected chi connectivity index (χ3v) is 13.6. The summed E-state index contributed by atoms with van der Waals surface area (Å²) in [5, 5.41) is 32.6. The summed E-state index contributed by atoms with van der Waals surface area (Å²) in [5.41, 5.74) is 3.60. The number of anilines is 1. The fourth-order valence-corrected chi connectivity index (χ4v) is 9.99. The van der Waals surface area contributed by atoms with Crippen LogP contribution in [-0.4, -0.2) is 141 Å². The van der Waals surface area contributed by atoms with Crippen LogP contribution in [-0.2, 0) is 21.0 Å². The van der Waals surface area contributed by atoms with Gasteiger partial charge in [-0.2, -0.15) is 5.06 Å². The first-order valence-electron chi connectivity index (χ1n) is 20.4. The molecule has 2 aliphatic heterocycles. The average molecular weight is 792 g/mol. The number of aliphatic hydroxyl groups is 2. The molecular formula is C43H65N7O7. The molecule has 57 heavy (non-hydrogen) atoms. The van der Waals surface area contributed by atoms with E-state index in [4.69, 9.17) is 9.57 Å². The molecule has 2 aromatic carbocycles. The monoisotopic (exact) mass is 791 g/mol. The molecule has 2 aromatic rings. The number of nitrogens with one attached hydrogen (secondary N) is 3. The van der Waals surface area contributed by atoms with Crippen molar-refractivity contribution in [3.63, 3.8) is 0 Å².